The Bertz CT molecular complexity index is 642. The molecule has 0 atom stereocenters. The normalized spacial score (nSPS) is 9.95. The Labute approximate surface area is 128 Å². The van der Waals surface area contributed by atoms with Crippen LogP contribution in [-0.4, -0.2) is 32.3 Å². The maximum atomic E-state index is 11.9. The van der Waals surface area contributed by atoms with Crippen molar-refractivity contribution in [1.29, 1.82) is 0 Å². The van der Waals surface area contributed by atoms with Gasteiger partial charge in [-0.3, -0.25) is 0 Å². The molecule has 0 unspecified atom stereocenters. The molecule has 0 saturated heterocycles. The first-order chi connectivity index (χ1) is 10.7. The fraction of sp³-hybridized carbons (Fsp3) is 0.250. The summed E-state index contributed by atoms with van der Waals surface area (Å²) in [5.41, 5.74) is 0.964. The number of carbonyl (C=O) groups is 1. The van der Waals surface area contributed by atoms with Crippen LogP contribution in [0, 0.1) is 0 Å². The topological polar surface area (TPSA) is 66.9 Å². The smallest absolute Gasteiger partial charge is 0.360 e. The number of aromatic nitrogens is 1. The number of esters is 1. The van der Waals surface area contributed by atoms with Gasteiger partial charge in [-0.1, -0.05) is 30.3 Å². The lowest BCUT2D eigenvalue weighted by molar-refractivity contribution is 0.0586. The highest BCUT2D eigenvalue weighted by atomic mass is 16.5. The van der Waals surface area contributed by atoms with Gasteiger partial charge in [0.2, 0.25) is 5.88 Å². The number of rotatable bonds is 6. The summed E-state index contributed by atoms with van der Waals surface area (Å²) in [6, 6.07) is 11.1. The number of benzene rings is 1. The predicted octanol–water partition coefficient (Wildman–Crippen LogP) is 2.46. The second kappa shape index (κ2) is 7.31. The molecule has 22 heavy (non-hydrogen) atoms. The van der Waals surface area contributed by atoms with Gasteiger partial charge in [-0.25, -0.2) is 9.78 Å². The molecule has 1 aromatic heterocycles. The van der Waals surface area contributed by atoms with E-state index in [0.717, 1.165) is 5.56 Å². The van der Waals surface area contributed by atoms with Crippen molar-refractivity contribution < 1.29 is 23.7 Å². The van der Waals surface area contributed by atoms with Crippen molar-refractivity contribution in [3.63, 3.8) is 0 Å². The summed E-state index contributed by atoms with van der Waals surface area (Å²) in [5, 5.41) is 0. The van der Waals surface area contributed by atoms with Crippen LogP contribution >= 0.6 is 0 Å². The van der Waals surface area contributed by atoms with E-state index in [1.165, 1.54) is 21.3 Å². The van der Waals surface area contributed by atoms with E-state index in [4.69, 9.17) is 18.9 Å². The van der Waals surface area contributed by atoms with Crippen molar-refractivity contribution in [2.24, 2.45) is 0 Å². The molecule has 0 bridgehead atoms. The standard InChI is InChI=1S/C16H17NO5/c1-19-12-9-13(20-2)17-14(16(18)21-3)15(12)22-10-11-7-5-4-6-8-11/h4-9H,10H2,1-3H3. The van der Waals surface area contributed by atoms with E-state index < -0.39 is 5.97 Å². The Balaban J connectivity index is 2.36. The van der Waals surface area contributed by atoms with E-state index in [-0.39, 0.29) is 23.9 Å². The van der Waals surface area contributed by atoms with Gasteiger partial charge in [0, 0.05) is 6.07 Å². The minimum atomic E-state index is -0.625. The van der Waals surface area contributed by atoms with Gasteiger partial charge in [-0.2, -0.15) is 0 Å². The van der Waals surface area contributed by atoms with Crippen LogP contribution in [0.2, 0.25) is 0 Å². The number of nitrogens with zero attached hydrogens (tertiary/aromatic N) is 1. The third kappa shape index (κ3) is 3.46. The number of pyridine rings is 1. The molecule has 0 aliphatic rings. The molecule has 0 amide bonds. The summed E-state index contributed by atoms with van der Waals surface area (Å²) in [6.45, 7) is 0.273. The van der Waals surface area contributed by atoms with Gasteiger partial charge >= 0.3 is 5.97 Å². The number of methoxy groups -OCH3 is 3. The molecule has 0 radical (unpaired) electrons. The van der Waals surface area contributed by atoms with Gasteiger partial charge in [0.05, 0.1) is 21.3 Å². The molecule has 1 aromatic carbocycles. The summed E-state index contributed by atoms with van der Waals surface area (Å²) in [4.78, 5) is 16.0. The van der Waals surface area contributed by atoms with Gasteiger partial charge in [-0.15, -0.1) is 0 Å². The largest absolute Gasteiger partial charge is 0.493 e. The fourth-order valence-electron chi connectivity index (χ4n) is 1.85. The first-order valence-corrected chi connectivity index (χ1v) is 6.57. The molecule has 0 fully saturated rings. The minimum Gasteiger partial charge on any atom is -0.493 e. The van der Waals surface area contributed by atoms with Crippen LogP contribution in [0.25, 0.3) is 0 Å². The molecule has 0 spiro atoms. The average molecular weight is 303 g/mol. The highest BCUT2D eigenvalue weighted by Crippen LogP contribution is 2.34. The van der Waals surface area contributed by atoms with Crippen molar-refractivity contribution in [3.8, 4) is 17.4 Å². The van der Waals surface area contributed by atoms with Crippen molar-refractivity contribution in [3.05, 3.63) is 47.7 Å². The third-order valence-corrected chi connectivity index (χ3v) is 2.95. The van der Waals surface area contributed by atoms with Crippen LogP contribution in [0.15, 0.2) is 36.4 Å². The number of ether oxygens (including phenoxy) is 4. The van der Waals surface area contributed by atoms with Crippen molar-refractivity contribution in [2.45, 2.75) is 6.61 Å². The Morgan fingerprint density at radius 1 is 1.09 bits per heavy atom. The summed E-state index contributed by atoms with van der Waals surface area (Å²) in [5.74, 6) is 0.187. The molecule has 1 heterocycles. The molecule has 0 aliphatic heterocycles. The van der Waals surface area contributed by atoms with E-state index in [0.29, 0.717) is 5.75 Å². The Morgan fingerprint density at radius 3 is 2.41 bits per heavy atom. The lowest BCUT2D eigenvalue weighted by Crippen LogP contribution is -2.10. The zero-order valence-corrected chi connectivity index (χ0v) is 12.7. The molecular formula is C16H17NO5. The predicted molar refractivity (Wildman–Crippen MR) is 79.5 cm³/mol. The summed E-state index contributed by atoms with van der Waals surface area (Å²) < 4.78 is 20.8. The highest BCUT2D eigenvalue weighted by Gasteiger charge is 2.22. The van der Waals surface area contributed by atoms with Gasteiger partial charge in [0.15, 0.2) is 17.2 Å². The molecule has 0 aliphatic carbocycles. The molecule has 6 heteroatoms. The zero-order chi connectivity index (χ0) is 15.9. The molecule has 2 aromatic rings. The lowest BCUT2D eigenvalue weighted by atomic mass is 10.2. The van der Waals surface area contributed by atoms with Crippen LogP contribution < -0.4 is 14.2 Å². The molecule has 116 valence electrons. The summed E-state index contributed by atoms with van der Waals surface area (Å²) >= 11 is 0. The summed E-state index contributed by atoms with van der Waals surface area (Å²) in [6.07, 6.45) is 0. The number of carbonyl (C=O) groups excluding carboxylic acids is 1. The van der Waals surface area contributed by atoms with Crippen LogP contribution in [0.3, 0.4) is 0 Å². The Hall–Kier alpha value is -2.76. The first kappa shape index (κ1) is 15.6. The fourth-order valence-corrected chi connectivity index (χ4v) is 1.85. The van der Waals surface area contributed by atoms with E-state index in [1.807, 2.05) is 30.3 Å². The third-order valence-electron chi connectivity index (χ3n) is 2.95. The average Bonchev–Trinajstić information content (AvgIpc) is 2.59. The van der Waals surface area contributed by atoms with E-state index in [9.17, 15) is 4.79 Å². The van der Waals surface area contributed by atoms with Crippen LogP contribution in [-0.2, 0) is 11.3 Å². The molecule has 0 N–H and O–H groups in total. The monoisotopic (exact) mass is 303 g/mol. The van der Waals surface area contributed by atoms with Crippen molar-refractivity contribution in [2.75, 3.05) is 21.3 Å². The molecule has 6 nitrogen and oxygen atoms in total. The molecule has 0 saturated carbocycles. The van der Waals surface area contributed by atoms with Crippen molar-refractivity contribution >= 4 is 5.97 Å². The Kier molecular flexibility index (Phi) is 5.19. The van der Waals surface area contributed by atoms with E-state index in [2.05, 4.69) is 4.98 Å². The van der Waals surface area contributed by atoms with Gasteiger partial charge < -0.3 is 18.9 Å². The lowest BCUT2D eigenvalue weighted by Gasteiger charge is -2.14. The van der Waals surface area contributed by atoms with E-state index in [1.54, 1.807) is 6.07 Å². The SMILES string of the molecule is COC(=O)c1nc(OC)cc(OC)c1OCc1ccccc1. The van der Waals surface area contributed by atoms with Crippen LogP contribution in [0.4, 0.5) is 0 Å². The second-order valence-electron chi connectivity index (χ2n) is 4.31. The molecular weight excluding hydrogens is 286 g/mol. The summed E-state index contributed by atoms with van der Waals surface area (Å²) in [7, 11) is 4.20. The first-order valence-electron chi connectivity index (χ1n) is 6.57. The second-order valence-corrected chi connectivity index (χ2v) is 4.31. The Morgan fingerprint density at radius 2 is 1.82 bits per heavy atom. The minimum absolute atomic E-state index is 0.00892. The van der Waals surface area contributed by atoms with Crippen LogP contribution in [0.5, 0.6) is 17.4 Å². The number of hydrogen-bond acceptors (Lipinski definition) is 6. The number of hydrogen-bond donors (Lipinski definition) is 0. The van der Waals surface area contributed by atoms with Gasteiger partial charge in [0.25, 0.3) is 0 Å². The maximum Gasteiger partial charge on any atom is 0.360 e. The quantitative estimate of drug-likeness (QED) is 0.764. The maximum absolute atomic E-state index is 11.9. The zero-order valence-electron chi connectivity index (χ0n) is 12.7. The highest BCUT2D eigenvalue weighted by molar-refractivity contribution is 5.91. The van der Waals surface area contributed by atoms with Crippen LogP contribution in [0.1, 0.15) is 16.1 Å². The van der Waals surface area contributed by atoms with Gasteiger partial charge in [-0.05, 0) is 5.56 Å². The van der Waals surface area contributed by atoms with E-state index >= 15 is 0 Å². The molecule has 2 rings (SSSR count). The van der Waals surface area contributed by atoms with Gasteiger partial charge in [0.1, 0.15) is 6.61 Å². The van der Waals surface area contributed by atoms with Crippen molar-refractivity contribution in [1.82, 2.24) is 4.98 Å².